The van der Waals surface area contributed by atoms with Gasteiger partial charge in [0, 0.05) is 5.56 Å². The van der Waals surface area contributed by atoms with Crippen LogP contribution in [0, 0.1) is 12.3 Å². The second-order valence-corrected chi connectivity index (χ2v) is 10.6. The van der Waals surface area contributed by atoms with Crippen LogP contribution < -0.4 is 24.4 Å². The molecule has 1 aliphatic rings. The zero-order valence-electron chi connectivity index (χ0n) is 21.8. The van der Waals surface area contributed by atoms with Crippen LogP contribution in [0.1, 0.15) is 44.9 Å². The van der Waals surface area contributed by atoms with Crippen LogP contribution in [-0.4, -0.2) is 29.9 Å². The van der Waals surface area contributed by atoms with Crippen LogP contribution in [-0.2, 0) is 9.53 Å². The highest BCUT2D eigenvalue weighted by Gasteiger charge is 2.35. The van der Waals surface area contributed by atoms with Gasteiger partial charge in [-0.3, -0.25) is 9.36 Å². The normalized spacial score (nSPS) is 15.0. The number of hydrogen-bond acceptors (Lipinski definition) is 7. The molecule has 0 amide bonds. The van der Waals surface area contributed by atoms with Gasteiger partial charge in [0.25, 0.3) is 5.56 Å². The molecule has 0 unspecified atom stereocenters. The van der Waals surface area contributed by atoms with Crippen molar-refractivity contribution in [3.05, 3.63) is 88.5 Å². The number of aromatic nitrogens is 1. The Morgan fingerprint density at radius 3 is 2.59 bits per heavy atom. The molecule has 1 aliphatic heterocycles. The molecule has 0 spiro atoms. The molecule has 202 valence electrons. The van der Waals surface area contributed by atoms with Gasteiger partial charge in [-0.05, 0) is 57.5 Å². The van der Waals surface area contributed by atoms with Crippen molar-refractivity contribution in [1.82, 2.24) is 4.57 Å². The summed E-state index contributed by atoms with van der Waals surface area (Å²) in [5, 5.41) is 0.518. The number of halogens is 2. The van der Waals surface area contributed by atoms with E-state index >= 15 is 0 Å². The summed E-state index contributed by atoms with van der Waals surface area (Å²) in [4.78, 5) is 32.1. The van der Waals surface area contributed by atoms with Crippen LogP contribution in [0.3, 0.4) is 0 Å². The molecule has 1 aromatic heterocycles. The molecule has 2 heterocycles. The number of benzene rings is 2. The Morgan fingerprint density at radius 2 is 1.95 bits per heavy atom. The van der Waals surface area contributed by atoms with Crippen LogP contribution >= 0.6 is 34.5 Å². The molecule has 1 atom stereocenters. The number of carbonyl (C=O) groups is 1. The van der Waals surface area contributed by atoms with E-state index in [4.69, 9.17) is 43.8 Å². The maximum atomic E-state index is 13.9. The topological polar surface area (TPSA) is 79.1 Å². The molecule has 0 fully saturated rings. The van der Waals surface area contributed by atoms with Crippen molar-refractivity contribution in [3.8, 4) is 23.8 Å². The number of esters is 1. The van der Waals surface area contributed by atoms with E-state index in [2.05, 4.69) is 10.9 Å². The van der Waals surface area contributed by atoms with Gasteiger partial charge in [-0.1, -0.05) is 58.7 Å². The minimum atomic E-state index is -0.802. The Labute approximate surface area is 240 Å². The van der Waals surface area contributed by atoms with E-state index in [0.29, 0.717) is 31.9 Å². The molecule has 0 saturated carbocycles. The molecule has 2 aromatic carbocycles. The summed E-state index contributed by atoms with van der Waals surface area (Å²) in [6.45, 7) is 7.48. The summed E-state index contributed by atoms with van der Waals surface area (Å²) in [5.41, 5.74) is 1.64. The van der Waals surface area contributed by atoms with Crippen molar-refractivity contribution in [1.29, 1.82) is 0 Å². The average molecular weight is 586 g/mol. The molecule has 0 bridgehead atoms. The third-order valence-corrected chi connectivity index (χ3v) is 7.26. The van der Waals surface area contributed by atoms with Crippen molar-refractivity contribution in [2.75, 3.05) is 13.2 Å². The number of ether oxygens (including phenoxy) is 3. The molecule has 39 heavy (non-hydrogen) atoms. The highest BCUT2D eigenvalue weighted by molar-refractivity contribution is 7.07. The summed E-state index contributed by atoms with van der Waals surface area (Å²) in [5.74, 6) is 2.66. The third kappa shape index (κ3) is 5.91. The lowest BCUT2D eigenvalue weighted by Gasteiger charge is -2.26. The van der Waals surface area contributed by atoms with E-state index in [1.54, 1.807) is 32.1 Å². The first kappa shape index (κ1) is 28.5. The zero-order valence-corrected chi connectivity index (χ0v) is 24.1. The first-order valence-electron chi connectivity index (χ1n) is 12.2. The molecule has 0 N–H and O–H groups in total. The van der Waals surface area contributed by atoms with Gasteiger partial charge in [0.2, 0.25) is 0 Å². The Hall–Kier alpha value is -3.51. The van der Waals surface area contributed by atoms with Gasteiger partial charge in [0.15, 0.2) is 10.6 Å². The van der Waals surface area contributed by atoms with E-state index in [1.807, 2.05) is 38.1 Å². The molecule has 3 aromatic rings. The number of rotatable bonds is 8. The lowest BCUT2D eigenvalue weighted by molar-refractivity contribution is -0.139. The molecule has 0 aliphatic carbocycles. The van der Waals surface area contributed by atoms with E-state index < -0.39 is 12.0 Å². The Bertz CT molecular complexity index is 1660. The smallest absolute Gasteiger partial charge is 0.338 e. The van der Waals surface area contributed by atoms with Gasteiger partial charge in [-0.25, -0.2) is 9.79 Å². The molecule has 0 radical (unpaired) electrons. The summed E-state index contributed by atoms with van der Waals surface area (Å²) >= 11 is 13.9. The van der Waals surface area contributed by atoms with Crippen LogP contribution in [0.5, 0.6) is 11.5 Å². The number of hydrogen-bond donors (Lipinski definition) is 0. The summed E-state index contributed by atoms with van der Waals surface area (Å²) < 4.78 is 18.8. The first-order chi connectivity index (χ1) is 18.7. The van der Waals surface area contributed by atoms with E-state index in [1.165, 1.54) is 15.9 Å². The number of thiazole rings is 1. The minimum Gasteiger partial charge on any atom is -0.491 e. The summed E-state index contributed by atoms with van der Waals surface area (Å²) in [7, 11) is 0. The fourth-order valence-corrected chi connectivity index (χ4v) is 5.88. The van der Waals surface area contributed by atoms with Crippen molar-refractivity contribution < 1.29 is 19.0 Å². The highest BCUT2D eigenvalue weighted by Crippen LogP contribution is 2.37. The van der Waals surface area contributed by atoms with Crippen LogP contribution in [0.15, 0.2) is 57.5 Å². The number of fused-ring (bicyclic) bond motifs is 1. The fourth-order valence-electron chi connectivity index (χ4n) is 4.22. The van der Waals surface area contributed by atoms with Crippen LogP contribution in [0.2, 0.25) is 10.0 Å². The molecule has 10 heteroatoms. The lowest BCUT2D eigenvalue weighted by Crippen LogP contribution is -2.40. The number of allylic oxidation sites excluding steroid dienone is 1. The maximum absolute atomic E-state index is 13.9. The van der Waals surface area contributed by atoms with Gasteiger partial charge < -0.3 is 14.2 Å². The van der Waals surface area contributed by atoms with E-state index in [0.717, 1.165) is 0 Å². The molecule has 0 saturated heterocycles. The Balaban J connectivity index is 1.93. The molecular weight excluding hydrogens is 559 g/mol. The minimum absolute atomic E-state index is 0.0154. The molecular formula is C29H26Cl2N2O5S. The highest BCUT2D eigenvalue weighted by atomic mass is 35.5. The van der Waals surface area contributed by atoms with Gasteiger partial charge >= 0.3 is 5.97 Å². The largest absolute Gasteiger partial charge is 0.491 e. The third-order valence-electron chi connectivity index (χ3n) is 5.71. The fraction of sp³-hybridized carbons (Fsp3) is 0.276. The van der Waals surface area contributed by atoms with Gasteiger partial charge in [-0.2, -0.15) is 0 Å². The van der Waals surface area contributed by atoms with Gasteiger partial charge in [-0.15, -0.1) is 6.42 Å². The number of terminal acetylenes is 1. The second-order valence-electron chi connectivity index (χ2n) is 8.81. The summed E-state index contributed by atoms with van der Waals surface area (Å²) in [6.07, 6.45) is 6.81. The van der Waals surface area contributed by atoms with E-state index in [-0.39, 0.29) is 46.2 Å². The predicted molar refractivity (Wildman–Crippen MR) is 153 cm³/mol. The van der Waals surface area contributed by atoms with Gasteiger partial charge in [0.05, 0.1) is 38.6 Å². The summed E-state index contributed by atoms with van der Waals surface area (Å²) in [6, 6.07) is 9.80. The first-order valence-corrected chi connectivity index (χ1v) is 13.7. The quantitative estimate of drug-likeness (QED) is 0.278. The van der Waals surface area contributed by atoms with Crippen molar-refractivity contribution >= 4 is 46.6 Å². The maximum Gasteiger partial charge on any atom is 0.338 e. The molecule has 4 rings (SSSR count). The van der Waals surface area contributed by atoms with Gasteiger partial charge in [0.1, 0.15) is 18.4 Å². The number of para-hydroxylation sites is 1. The Morgan fingerprint density at radius 1 is 1.26 bits per heavy atom. The molecule has 7 nitrogen and oxygen atoms in total. The van der Waals surface area contributed by atoms with Crippen molar-refractivity contribution in [2.45, 2.75) is 39.8 Å². The number of nitrogens with zero attached hydrogens (tertiary/aromatic N) is 2. The lowest BCUT2D eigenvalue weighted by atomic mass is 9.95. The van der Waals surface area contributed by atoms with E-state index in [9.17, 15) is 9.59 Å². The van der Waals surface area contributed by atoms with Crippen LogP contribution in [0.4, 0.5) is 0 Å². The number of carbonyl (C=O) groups excluding carboxylic acids is 1. The zero-order chi connectivity index (χ0) is 28.3. The SMILES string of the molecule is C#CCOc1c(Cl)cc(/C=c2/sc3n(c2=O)[C@@H](c2ccccc2OC(C)C)C(C(=O)OCC)=C(C)N=3)cc1Cl. The second kappa shape index (κ2) is 12.1. The van der Waals surface area contributed by atoms with Crippen molar-refractivity contribution in [2.24, 2.45) is 4.99 Å². The predicted octanol–water partition coefficient (Wildman–Crippen LogP) is 4.90. The standard InChI is InChI=1S/C29H26Cl2N2O5S/c1-6-12-37-26-20(30)13-18(14-21(26)31)15-23-27(34)33-25(19-10-8-9-11-22(19)38-16(3)4)24(28(35)36-7-2)17(5)32-29(33)39-23/h1,8-11,13-16,25H,7,12H2,2-5H3/b23-15+/t25-/m0/s1. The van der Waals surface area contributed by atoms with Crippen molar-refractivity contribution in [3.63, 3.8) is 0 Å². The average Bonchev–Trinajstić information content (AvgIpc) is 3.17. The monoisotopic (exact) mass is 584 g/mol. The Kier molecular flexibility index (Phi) is 8.86. The van der Waals surface area contributed by atoms with Crippen LogP contribution in [0.25, 0.3) is 6.08 Å².